The lowest BCUT2D eigenvalue weighted by atomic mass is 9.83. The van der Waals surface area contributed by atoms with Crippen LogP contribution in [0.3, 0.4) is 0 Å². The van der Waals surface area contributed by atoms with Crippen LogP contribution in [0.5, 0.6) is 0 Å². The molecule has 68 valence electrons. The summed E-state index contributed by atoms with van der Waals surface area (Å²) in [7, 11) is 3.69. The third-order valence-electron chi connectivity index (χ3n) is 2.17. The molecule has 1 atom stereocenters. The van der Waals surface area contributed by atoms with E-state index in [1.165, 1.54) is 0 Å². The zero-order valence-electron chi connectivity index (χ0n) is 8.05. The van der Waals surface area contributed by atoms with E-state index < -0.39 is 0 Å². The summed E-state index contributed by atoms with van der Waals surface area (Å²) in [6.45, 7) is 3.22. The molecule has 0 aromatic rings. The average Bonchev–Trinajstić information content (AvgIpc) is 2.04. The second-order valence-corrected chi connectivity index (χ2v) is 3.54. The van der Waals surface area contributed by atoms with E-state index in [0.717, 1.165) is 18.7 Å². The third-order valence-corrected chi connectivity index (χ3v) is 2.17. The van der Waals surface area contributed by atoms with Gasteiger partial charge in [-0.05, 0) is 25.6 Å². The molecule has 0 amide bonds. The van der Waals surface area contributed by atoms with Crippen LogP contribution in [0, 0.1) is 5.41 Å². The summed E-state index contributed by atoms with van der Waals surface area (Å²) in [6, 6.07) is 0. The average molecular weight is 167 g/mol. The van der Waals surface area contributed by atoms with Crippen molar-refractivity contribution >= 4 is 0 Å². The molecular weight excluding hydrogens is 150 g/mol. The van der Waals surface area contributed by atoms with Crippen LogP contribution in [-0.2, 0) is 4.74 Å². The second kappa shape index (κ2) is 3.76. The van der Waals surface area contributed by atoms with E-state index in [-0.39, 0.29) is 5.41 Å². The largest absolute Gasteiger partial charge is 0.497 e. The van der Waals surface area contributed by atoms with Gasteiger partial charge in [-0.25, -0.2) is 0 Å². The molecule has 0 bridgehead atoms. The van der Waals surface area contributed by atoms with Gasteiger partial charge >= 0.3 is 0 Å². The van der Waals surface area contributed by atoms with Crippen LogP contribution < -0.4 is 5.32 Å². The zero-order chi connectivity index (χ0) is 9.03. The third kappa shape index (κ3) is 2.11. The molecule has 0 heterocycles. The van der Waals surface area contributed by atoms with Crippen molar-refractivity contribution in [1.82, 2.24) is 5.32 Å². The Balaban J connectivity index is 2.69. The van der Waals surface area contributed by atoms with Crippen LogP contribution in [-0.4, -0.2) is 20.7 Å². The topological polar surface area (TPSA) is 21.3 Å². The van der Waals surface area contributed by atoms with Crippen LogP contribution in [0.4, 0.5) is 0 Å². The molecule has 0 aromatic heterocycles. The highest BCUT2D eigenvalue weighted by Crippen LogP contribution is 2.28. The summed E-state index contributed by atoms with van der Waals surface area (Å²) in [5, 5.41) is 3.19. The number of nitrogens with one attached hydrogen (secondary N) is 1. The first kappa shape index (κ1) is 9.33. The zero-order valence-corrected chi connectivity index (χ0v) is 8.05. The minimum absolute atomic E-state index is 0.217. The number of methoxy groups -OCH3 is 1. The summed E-state index contributed by atoms with van der Waals surface area (Å²) < 4.78 is 5.18. The van der Waals surface area contributed by atoms with Gasteiger partial charge in [-0.2, -0.15) is 0 Å². The molecule has 12 heavy (non-hydrogen) atoms. The maximum Gasteiger partial charge on any atom is 0.115 e. The molecule has 1 N–H and O–H groups in total. The molecule has 2 nitrogen and oxygen atoms in total. The predicted octanol–water partition coefficient (Wildman–Crippen LogP) is 1.70. The predicted molar refractivity (Wildman–Crippen MR) is 50.9 cm³/mol. The molecule has 0 aromatic carbocycles. The van der Waals surface area contributed by atoms with E-state index in [2.05, 4.69) is 24.4 Å². The Bertz CT molecular complexity index is 208. The highest BCUT2D eigenvalue weighted by molar-refractivity contribution is 5.22. The number of allylic oxidation sites excluding steroid dienone is 2. The summed E-state index contributed by atoms with van der Waals surface area (Å²) in [4.78, 5) is 0. The number of hydrogen-bond acceptors (Lipinski definition) is 2. The Morgan fingerprint density at radius 3 is 3.00 bits per heavy atom. The normalized spacial score (nSPS) is 28.4. The van der Waals surface area contributed by atoms with Crippen molar-refractivity contribution in [2.24, 2.45) is 5.41 Å². The SMILES string of the molecule is CNCC1(C)C=C(OC)C=CC1. The van der Waals surface area contributed by atoms with Gasteiger partial charge in [-0.1, -0.05) is 13.0 Å². The smallest absolute Gasteiger partial charge is 0.115 e. The van der Waals surface area contributed by atoms with Crippen molar-refractivity contribution in [2.75, 3.05) is 20.7 Å². The van der Waals surface area contributed by atoms with Gasteiger partial charge in [-0.3, -0.25) is 0 Å². The molecular formula is C10H17NO. The number of rotatable bonds is 3. The second-order valence-electron chi connectivity index (χ2n) is 3.54. The van der Waals surface area contributed by atoms with Gasteiger partial charge in [0, 0.05) is 12.0 Å². The highest BCUT2D eigenvalue weighted by Gasteiger charge is 2.22. The van der Waals surface area contributed by atoms with Crippen LogP contribution in [0.2, 0.25) is 0 Å². The van der Waals surface area contributed by atoms with E-state index in [1.54, 1.807) is 7.11 Å². The fraction of sp³-hybridized carbons (Fsp3) is 0.600. The highest BCUT2D eigenvalue weighted by atomic mass is 16.5. The first-order chi connectivity index (χ1) is 5.70. The van der Waals surface area contributed by atoms with Crippen LogP contribution in [0.15, 0.2) is 24.0 Å². The summed E-state index contributed by atoms with van der Waals surface area (Å²) in [6.07, 6.45) is 7.46. The van der Waals surface area contributed by atoms with E-state index >= 15 is 0 Å². The monoisotopic (exact) mass is 167 g/mol. The molecule has 0 spiro atoms. The minimum atomic E-state index is 0.217. The molecule has 0 saturated carbocycles. The molecule has 1 aliphatic carbocycles. The van der Waals surface area contributed by atoms with Crippen LogP contribution in [0.25, 0.3) is 0 Å². The van der Waals surface area contributed by atoms with Gasteiger partial charge in [0.25, 0.3) is 0 Å². The summed E-state index contributed by atoms with van der Waals surface area (Å²) in [5.74, 6) is 0.971. The van der Waals surface area contributed by atoms with Crippen LogP contribution in [0.1, 0.15) is 13.3 Å². The van der Waals surface area contributed by atoms with Crippen molar-refractivity contribution in [1.29, 1.82) is 0 Å². The Hall–Kier alpha value is -0.760. The standard InChI is InChI=1S/C10H17NO/c1-10(8-11-2)6-4-5-9(7-10)12-3/h4-5,7,11H,6,8H2,1-3H3. The van der Waals surface area contributed by atoms with Gasteiger partial charge in [0.2, 0.25) is 0 Å². The Morgan fingerprint density at radius 2 is 2.42 bits per heavy atom. The number of ether oxygens (including phenoxy) is 1. The van der Waals surface area contributed by atoms with E-state index in [4.69, 9.17) is 4.74 Å². The molecule has 0 radical (unpaired) electrons. The van der Waals surface area contributed by atoms with E-state index in [9.17, 15) is 0 Å². The van der Waals surface area contributed by atoms with E-state index in [1.807, 2.05) is 13.1 Å². The summed E-state index contributed by atoms with van der Waals surface area (Å²) in [5.41, 5.74) is 0.217. The molecule has 1 unspecified atom stereocenters. The minimum Gasteiger partial charge on any atom is -0.497 e. The molecule has 0 saturated heterocycles. The van der Waals surface area contributed by atoms with Crippen molar-refractivity contribution < 1.29 is 4.74 Å². The lowest BCUT2D eigenvalue weighted by Gasteiger charge is -2.27. The van der Waals surface area contributed by atoms with Gasteiger partial charge in [0.15, 0.2) is 0 Å². The molecule has 2 heteroatoms. The quantitative estimate of drug-likeness (QED) is 0.690. The van der Waals surface area contributed by atoms with Crippen molar-refractivity contribution in [3.63, 3.8) is 0 Å². The Labute approximate surface area is 74.3 Å². The first-order valence-corrected chi connectivity index (χ1v) is 4.28. The van der Waals surface area contributed by atoms with Gasteiger partial charge in [-0.15, -0.1) is 0 Å². The number of hydrogen-bond donors (Lipinski definition) is 1. The molecule has 0 fully saturated rings. The van der Waals surface area contributed by atoms with Gasteiger partial charge < -0.3 is 10.1 Å². The maximum absolute atomic E-state index is 5.18. The Morgan fingerprint density at radius 1 is 1.67 bits per heavy atom. The van der Waals surface area contributed by atoms with Gasteiger partial charge in [0.1, 0.15) is 5.76 Å². The Kier molecular flexibility index (Phi) is 2.93. The first-order valence-electron chi connectivity index (χ1n) is 4.28. The maximum atomic E-state index is 5.18. The lowest BCUT2D eigenvalue weighted by Crippen LogP contribution is -2.28. The lowest BCUT2D eigenvalue weighted by molar-refractivity contribution is 0.285. The molecule has 1 aliphatic rings. The van der Waals surface area contributed by atoms with Crippen LogP contribution >= 0.6 is 0 Å². The van der Waals surface area contributed by atoms with Crippen molar-refractivity contribution in [3.8, 4) is 0 Å². The van der Waals surface area contributed by atoms with Gasteiger partial charge in [0.05, 0.1) is 7.11 Å². The van der Waals surface area contributed by atoms with E-state index in [0.29, 0.717) is 0 Å². The molecule has 1 rings (SSSR count). The summed E-state index contributed by atoms with van der Waals surface area (Å²) >= 11 is 0. The van der Waals surface area contributed by atoms with Crippen molar-refractivity contribution in [3.05, 3.63) is 24.0 Å². The molecule has 0 aliphatic heterocycles. The fourth-order valence-electron chi connectivity index (χ4n) is 1.55. The van der Waals surface area contributed by atoms with Crippen molar-refractivity contribution in [2.45, 2.75) is 13.3 Å². The fourth-order valence-corrected chi connectivity index (χ4v) is 1.55.